The molecule has 11 heteroatoms. The zero-order valence-corrected chi connectivity index (χ0v) is 15.8. The van der Waals surface area contributed by atoms with E-state index >= 15 is 0 Å². The fourth-order valence-corrected chi connectivity index (χ4v) is 3.15. The Hall–Kier alpha value is -0.461. The largest absolute Gasteiger partial charge is 4.00 e. The molecular weight excluding hydrogens is 429 g/mol. The first-order valence-corrected chi connectivity index (χ1v) is 8.69. The smallest absolute Gasteiger partial charge is 0.545 e. The summed E-state index contributed by atoms with van der Waals surface area (Å²) in [5, 5.41) is 0. The molecule has 0 aromatic carbocycles. The molecule has 5 radical (unpaired) electrons. The Bertz CT molecular complexity index is 415. The third-order valence-electron chi connectivity index (χ3n) is 4.26. The summed E-state index contributed by atoms with van der Waals surface area (Å²) in [6, 6.07) is 0. The van der Waals surface area contributed by atoms with E-state index in [1.54, 1.807) is 11.8 Å². The summed E-state index contributed by atoms with van der Waals surface area (Å²) in [6.45, 7) is 14.6. The molecule has 0 spiro atoms. The quantitative estimate of drug-likeness (QED) is 0.165. The topological polar surface area (TPSA) is 51.2 Å². The van der Waals surface area contributed by atoms with Crippen LogP contribution in [0.2, 0.25) is 0 Å². The number of hydrogen-bond donors (Lipinski definition) is 0. The zero-order chi connectivity index (χ0) is 20.8. The van der Waals surface area contributed by atoms with Gasteiger partial charge in [-0.25, -0.2) is 0 Å². The molecule has 4 saturated carbocycles. The van der Waals surface area contributed by atoms with Crippen LogP contribution in [0.15, 0.2) is 0 Å². The Morgan fingerprint density at radius 3 is 1.65 bits per heavy atom. The van der Waals surface area contributed by atoms with Crippen molar-refractivity contribution in [1.82, 2.24) is 0 Å². The Balaban J connectivity index is -0.000000331. The van der Waals surface area contributed by atoms with Crippen molar-refractivity contribution >= 4 is 28.2 Å². The first kappa shape index (κ1) is 30.3. The molecule has 2 unspecified atom stereocenters. The van der Waals surface area contributed by atoms with Gasteiger partial charge >= 0.3 is 50.1 Å². The van der Waals surface area contributed by atoms with Gasteiger partial charge in [-0.2, -0.15) is 0 Å². The van der Waals surface area contributed by atoms with Gasteiger partial charge in [-0.3, -0.25) is 20.4 Å². The van der Waals surface area contributed by atoms with E-state index in [2.05, 4.69) is 53.5 Å². The SMILES string of the molecule is CC1(C)C2C[C]3[CH][CH][CH][C]3C1C2.F[P-](F)(F)(F)(F)F.[CH-]=O.[CH-]=O.[CH-]=O.[Fe+4]. The molecule has 0 aromatic rings. The third-order valence-corrected chi connectivity index (χ3v) is 4.26. The van der Waals surface area contributed by atoms with Gasteiger partial charge in [0.15, 0.2) is 0 Å². The van der Waals surface area contributed by atoms with Gasteiger partial charge in [0.2, 0.25) is 0 Å². The van der Waals surface area contributed by atoms with Gasteiger partial charge in [-0.05, 0) is 61.2 Å². The average Bonchev–Trinajstić information content (AvgIpc) is 2.98. The molecule has 4 rings (SSSR count). The molecular formula is C15H18F6FeO3P. The Morgan fingerprint density at radius 1 is 0.923 bits per heavy atom. The van der Waals surface area contributed by atoms with Crippen molar-refractivity contribution in [3.8, 4) is 0 Å². The van der Waals surface area contributed by atoms with Crippen LogP contribution in [-0.2, 0) is 31.5 Å². The molecule has 4 fully saturated rings. The van der Waals surface area contributed by atoms with Crippen molar-refractivity contribution in [2.24, 2.45) is 17.3 Å². The van der Waals surface area contributed by atoms with Crippen LogP contribution in [-0.4, -0.2) is 20.4 Å². The van der Waals surface area contributed by atoms with Crippen LogP contribution in [0.4, 0.5) is 25.2 Å². The van der Waals surface area contributed by atoms with Crippen molar-refractivity contribution in [2.45, 2.75) is 26.7 Å². The van der Waals surface area contributed by atoms with E-state index in [-0.39, 0.29) is 17.1 Å². The van der Waals surface area contributed by atoms with Crippen LogP contribution in [0, 0.1) is 48.3 Å². The predicted octanol–water partition coefficient (Wildman–Crippen LogP) is 5.39. The van der Waals surface area contributed by atoms with Gasteiger partial charge in [-0.15, -0.1) is 0 Å². The Kier molecular flexibility index (Phi) is 11.2. The number of rotatable bonds is 0. The Morgan fingerprint density at radius 2 is 1.31 bits per heavy atom. The minimum atomic E-state index is -10.7. The summed E-state index contributed by atoms with van der Waals surface area (Å²) in [5.41, 5.74) is 0.599. The second-order valence-corrected chi connectivity index (χ2v) is 7.89. The van der Waals surface area contributed by atoms with E-state index in [0.29, 0.717) is 5.41 Å². The maximum Gasteiger partial charge on any atom is 4.00 e. The van der Waals surface area contributed by atoms with Crippen LogP contribution in [0.3, 0.4) is 0 Å². The summed E-state index contributed by atoms with van der Waals surface area (Å²) < 4.78 is 59.2. The number of carbonyl (C=O) groups excluding carboxylic acids is 3. The van der Waals surface area contributed by atoms with E-state index < -0.39 is 7.81 Å². The molecule has 4 aliphatic rings. The zero-order valence-electron chi connectivity index (χ0n) is 13.8. The molecule has 2 atom stereocenters. The van der Waals surface area contributed by atoms with Crippen LogP contribution < -0.4 is 0 Å². The van der Waals surface area contributed by atoms with Crippen molar-refractivity contribution in [3.05, 3.63) is 31.1 Å². The summed E-state index contributed by atoms with van der Waals surface area (Å²) in [7, 11) is -10.7. The molecule has 0 heterocycles. The first-order chi connectivity index (χ1) is 11.1. The summed E-state index contributed by atoms with van der Waals surface area (Å²) in [6.07, 6.45) is 9.65. The first-order valence-electron chi connectivity index (χ1n) is 6.66. The molecule has 2 bridgehead atoms. The van der Waals surface area contributed by atoms with Gasteiger partial charge in [0.1, 0.15) is 0 Å². The molecule has 151 valence electrons. The van der Waals surface area contributed by atoms with E-state index in [4.69, 9.17) is 14.4 Å². The maximum atomic E-state index is 9.87. The van der Waals surface area contributed by atoms with Crippen LogP contribution >= 0.6 is 7.81 Å². The monoisotopic (exact) mass is 447 g/mol. The fourth-order valence-electron chi connectivity index (χ4n) is 3.15. The van der Waals surface area contributed by atoms with Crippen molar-refractivity contribution in [3.63, 3.8) is 0 Å². The van der Waals surface area contributed by atoms with Gasteiger partial charge in [-0.1, -0.05) is 13.8 Å². The van der Waals surface area contributed by atoms with Gasteiger partial charge in [0.05, 0.1) is 0 Å². The minimum Gasteiger partial charge on any atom is -0.545 e. The molecule has 0 aliphatic heterocycles. The predicted molar refractivity (Wildman–Crippen MR) is 83.2 cm³/mol. The second-order valence-electron chi connectivity index (χ2n) is 5.98. The van der Waals surface area contributed by atoms with E-state index in [1.165, 1.54) is 12.8 Å². The normalized spacial score (nSPS) is 27.7. The van der Waals surface area contributed by atoms with Gasteiger partial charge in [0, 0.05) is 0 Å². The van der Waals surface area contributed by atoms with E-state index in [1.807, 2.05) is 0 Å². The second kappa shape index (κ2) is 9.65. The summed E-state index contributed by atoms with van der Waals surface area (Å²) in [4.78, 5) is 23.2. The van der Waals surface area contributed by atoms with E-state index in [9.17, 15) is 25.2 Å². The standard InChI is InChI=1S/C12H15.3CHO.F6P.Fe/c1-12(2)9-6-8-4-3-5-10(8)11(12)7-9;3*1-2;1-7(2,3,4,5)6;/h3-5,9,11H,6-7H2,1-2H3;3*1H;;/q;4*-1;+4. The van der Waals surface area contributed by atoms with Crippen LogP contribution in [0.25, 0.3) is 0 Å². The molecule has 0 amide bonds. The summed E-state index contributed by atoms with van der Waals surface area (Å²) >= 11 is 0. The van der Waals surface area contributed by atoms with E-state index in [0.717, 1.165) is 11.8 Å². The molecule has 26 heavy (non-hydrogen) atoms. The fraction of sp³-hybridized carbons (Fsp3) is 0.467. The van der Waals surface area contributed by atoms with Gasteiger partial charge < -0.3 is 14.4 Å². The number of hydrogen-bond acceptors (Lipinski definition) is 3. The molecule has 0 saturated heterocycles. The average molecular weight is 447 g/mol. The maximum absolute atomic E-state index is 10.7. The number of halogens is 6. The van der Waals surface area contributed by atoms with Crippen molar-refractivity contribution < 1.29 is 56.6 Å². The Labute approximate surface area is 160 Å². The minimum absolute atomic E-state index is 0. The third kappa shape index (κ3) is 10.6. The van der Waals surface area contributed by atoms with Gasteiger partial charge in [0.25, 0.3) is 0 Å². The van der Waals surface area contributed by atoms with Crippen LogP contribution in [0.1, 0.15) is 26.7 Å². The molecule has 4 aliphatic carbocycles. The molecule has 0 N–H and O–H groups in total. The molecule has 0 aromatic heterocycles. The summed E-state index contributed by atoms with van der Waals surface area (Å²) in [5.74, 6) is 5.14. The van der Waals surface area contributed by atoms with Crippen LogP contribution in [0.5, 0.6) is 0 Å². The molecule has 3 nitrogen and oxygen atoms in total. The van der Waals surface area contributed by atoms with Crippen molar-refractivity contribution in [2.75, 3.05) is 0 Å². The van der Waals surface area contributed by atoms with Crippen molar-refractivity contribution in [1.29, 1.82) is 0 Å².